The van der Waals surface area contributed by atoms with E-state index >= 15 is 0 Å². The Hall–Kier alpha value is -2.96. The lowest BCUT2D eigenvalue weighted by molar-refractivity contribution is -0.150. The van der Waals surface area contributed by atoms with Gasteiger partial charge in [0.2, 0.25) is 5.91 Å². The highest BCUT2D eigenvalue weighted by atomic mass is 16.5. The van der Waals surface area contributed by atoms with Gasteiger partial charge in [0.15, 0.2) is 0 Å². The molecule has 0 saturated heterocycles. The van der Waals surface area contributed by atoms with Crippen LogP contribution in [0, 0.1) is 0 Å². The van der Waals surface area contributed by atoms with E-state index in [9.17, 15) is 19.8 Å². The Labute approximate surface area is 383 Å². The molecule has 6 nitrogen and oxygen atoms in total. The van der Waals surface area contributed by atoms with Crippen LogP contribution >= 0.6 is 0 Å². The van der Waals surface area contributed by atoms with E-state index in [2.05, 4.69) is 56.5 Å². The van der Waals surface area contributed by atoms with Gasteiger partial charge in [-0.2, -0.15) is 0 Å². The normalized spacial score (nSPS) is 14.0. The van der Waals surface area contributed by atoms with Gasteiger partial charge in [-0.25, -0.2) is 0 Å². The van der Waals surface area contributed by atoms with Gasteiger partial charge in [0.05, 0.1) is 25.2 Å². The maximum atomic E-state index is 13.2. The van der Waals surface area contributed by atoms with E-state index < -0.39 is 18.2 Å². The minimum absolute atomic E-state index is 0.0233. The summed E-state index contributed by atoms with van der Waals surface area (Å²) in [6.07, 6.45) is 63.8. The van der Waals surface area contributed by atoms with E-state index in [0.29, 0.717) is 19.3 Å². The first-order valence-corrected chi connectivity index (χ1v) is 25.9. The van der Waals surface area contributed by atoms with Gasteiger partial charge < -0.3 is 20.3 Å². The molecule has 0 bridgehead atoms. The van der Waals surface area contributed by atoms with Gasteiger partial charge in [-0.1, -0.05) is 247 Å². The van der Waals surface area contributed by atoms with Crippen molar-refractivity contribution in [2.45, 2.75) is 251 Å². The van der Waals surface area contributed by atoms with Crippen molar-refractivity contribution in [3.63, 3.8) is 0 Å². The van der Waals surface area contributed by atoms with Crippen molar-refractivity contribution < 1.29 is 24.5 Å². The molecule has 0 aliphatic rings. The van der Waals surface area contributed by atoms with Crippen molar-refractivity contribution in [2.24, 2.45) is 0 Å². The second kappa shape index (κ2) is 49.1. The lowest BCUT2D eigenvalue weighted by Crippen LogP contribution is -2.46. The molecular weight excluding hydrogens is 767 g/mol. The molecule has 6 heteroatoms. The number of rotatable bonds is 45. The average Bonchev–Trinajstić information content (AvgIpc) is 3.26. The minimum Gasteiger partial charge on any atom is -0.461 e. The third-order valence-electron chi connectivity index (χ3n) is 11.3. The zero-order valence-electron chi connectivity index (χ0n) is 40.5. The highest BCUT2D eigenvalue weighted by Gasteiger charge is 2.23. The Kier molecular flexibility index (Phi) is 46.7. The van der Waals surface area contributed by atoms with Gasteiger partial charge in [0.1, 0.15) is 6.10 Å². The Balaban J connectivity index is 4.61. The molecule has 62 heavy (non-hydrogen) atoms. The number of hydrogen-bond donors (Lipinski definition) is 3. The third kappa shape index (κ3) is 43.7. The topological polar surface area (TPSA) is 95.9 Å². The number of aliphatic hydroxyl groups is 2. The summed E-state index contributed by atoms with van der Waals surface area (Å²) in [5.41, 5.74) is 0. The van der Waals surface area contributed by atoms with E-state index in [1.54, 1.807) is 0 Å². The number of hydrogen-bond acceptors (Lipinski definition) is 5. The molecule has 0 aromatic carbocycles. The SMILES string of the molecule is CC/C=C/C=C/C=C\C=C/C=C/CC(CC(=O)NC(CO)C(O)CCCCCCCCCCCCCCC)OC(=O)CCCCCCCCCCC/C=C\C/C=C\CCCCC. The Bertz CT molecular complexity index is 1200. The van der Waals surface area contributed by atoms with Gasteiger partial charge in [-0.3, -0.25) is 9.59 Å². The van der Waals surface area contributed by atoms with Gasteiger partial charge in [0, 0.05) is 12.8 Å². The molecule has 0 heterocycles. The van der Waals surface area contributed by atoms with Crippen LogP contribution in [-0.2, 0) is 14.3 Å². The Morgan fingerprint density at radius 1 is 0.516 bits per heavy atom. The highest BCUT2D eigenvalue weighted by Crippen LogP contribution is 2.16. The first kappa shape index (κ1) is 59.0. The van der Waals surface area contributed by atoms with Crippen LogP contribution in [0.15, 0.2) is 85.1 Å². The first-order valence-electron chi connectivity index (χ1n) is 25.9. The molecule has 0 aliphatic heterocycles. The maximum absolute atomic E-state index is 13.2. The van der Waals surface area contributed by atoms with Crippen LogP contribution in [0.5, 0.6) is 0 Å². The number of amides is 1. The maximum Gasteiger partial charge on any atom is 0.306 e. The average molecular weight is 864 g/mol. The molecular formula is C56H97NO5. The zero-order valence-corrected chi connectivity index (χ0v) is 40.5. The highest BCUT2D eigenvalue weighted by molar-refractivity contribution is 5.77. The van der Waals surface area contributed by atoms with Crippen LogP contribution in [0.3, 0.4) is 0 Å². The van der Waals surface area contributed by atoms with Crippen LogP contribution in [0.25, 0.3) is 0 Å². The number of unbranched alkanes of at least 4 members (excludes halogenated alkanes) is 24. The fraction of sp³-hybridized carbons (Fsp3) is 0.714. The third-order valence-corrected chi connectivity index (χ3v) is 11.3. The zero-order chi connectivity index (χ0) is 45.2. The molecule has 356 valence electrons. The number of allylic oxidation sites excluding steroid dienone is 13. The number of aliphatic hydroxyl groups excluding tert-OH is 2. The van der Waals surface area contributed by atoms with Crippen molar-refractivity contribution in [3.05, 3.63) is 85.1 Å². The van der Waals surface area contributed by atoms with E-state index in [1.165, 1.54) is 135 Å². The standard InChI is InChI=1S/C56H97NO5/c1-4-7-10-13-16-19-22-24-25-26-27-28-29-31-34-37-40-43-46-49-56(61)62-52(47-44-41-38-35-32-21-18-15-12-9-6-3)50-55(60)57-53(51-58)54(59)48-45-42-39-36-33-30-23-20-17-14-11-8-5-2/h9,12,15-16,18-19,21,24-25,32,35,38,41,44,52-54,58-59H,4-8,10-11,13-14,17,20,22-23,26-31,33-34,36-37,39-40,42-43,45-51H2,1-3H3,(H,57,60)/b12-9+,18-15+,19-16-,25-24-,32-21-,38-35-,44-41+. The summed E-state index contributed by atoms with van der Waals surface area (Å²) in [6.45, 7) is 6.27. The number of carbonyl (C=O) groups excluding carboxylic acids is 2. The van der Waals surface area contributed by atoms with Crippen LogP contribution in [-0.4, -0.2) is 46.9 Å². The molecule has 0 aliphatic carbocycles. The summed E-state index contributed by atoms with van der Waals surface area (Å²) < 4.78 is 5.84. The summed E-state index contributed by atoms with van der Waals surface area (Å²) >= 11 is 0. The second-order valence-electron chi connectivity index (χ2n) is 17.3. The molecule has 0 radical (unpaired) electrons. The molecule has 0 aromatic heterocycles. The van der Waals surface area contributed by atoms with Gasteiger partial charge in [-0.15, -0.1) is 0 Å². The summed E-state index contributed by atoms with van der Waals surface area (Å²) in [5.74, 6) is -0.615. The van der Waals surface area contributed by atoms with E-state index in [-0.39, 0.29) is 24.9 Å². The monoisotopic (exact) mass is 864 g/mol. The largest absolute Gasteiger partial charge is 0.461 e. The fourth-order valence-corrected chi connectivity index (χ4v) is 7.42. The van der Waals surface area contributed by atoms with Crippen molar-refractivity contribution in [1.82, 2.24) is 5.32 Å². The number of esters is 1. The number of carbonyl (C=O) groups is 2. The van der Waals surface area contributed by atoms with Crippen molar-refractivity contribution >= 4 is 11.9 Å². The molecule has 0 spiro atoms. The predicted molar refractivity (Wildman–Crippen MR) is 268 cm³/mol. The van der Waals surface area contributed by atoms with Crippen molar-refractivity contribution in [3.8, 4) is 0 Å². The lowest BCUT2D eigenvalue weighted by atomic mass is 10.0. The van der Waals surface area contributed by atoms with E-state index in [4.69, 9.17) is 4.74 Å². The fourth-order valence-electron chi connectivity index (χ4n) is 7.42. The number of nitrogens with one attached hydrogen (secondary N) is 1. The van der Waals surface area contributed by atoms with Crippen LogP contribution in [0.4, 0.5) is 0 Å². The number of ether oxygens (including phenoxy) is 1. The second-order valence-corrected chi connectivity index (χ2v) is 17.3. The van der Waals surface area contributed by atoms with Gasteiger partial charge in [-0.05, 0) is 51.4 Å². The predicted octanol–water partition coefficient (Wildman–Crippen LogP) is 15.6. The molecule has 3 atom stereocenters. The van der Waals surface area contributed by atoms with Crippen molar-refractivity contribution in [1.29, 1.82) is 0 Å². The van der Waals surface area contributed by atoms with Gasteiger partial charge in [0.25, 0.3) is 0 Å². The molecule has 0 saturated carbocycles. The minimum atomic E-state index is -0.821. The smallest absolute Gasteiger partial charge is 0.306 e. The van der Waals surface area contributed by atoms with Crippen LogP contribution < -0.4 is 5.32 Å². The van der Waals surface area contributed by atoms with Crippen molar-refractivity contribution in [2.75, 3.05) is 6.61 Å². The Morgan fingerprint density at radius 2 is 0.952 bits per heavy atom. The first-order chi connectivity index (χ1) is 30.5. The van der Waals surface area contributed by atoms with E-state index in [1.807, 2.05) is 54.7 Å². The molecule has 1 amide bonds. The summed E-state index contributed by atoms with van der Waals surface area (Å²) in [7, 11) is 0. The van der Waals surface area contributed by atoms with Crippen LogP contribution in [0.1, 0.15) is 233 Å². The quantitative estimate of drug-likeness (QED) is 0.0245. The molecule has 3 unspecified atom stereocenters. The molecule has 0 fully saturated rings. The van der Waals surface area contributed by atoms with Crippen LogP contribution in [0.2, 0.25) is 0 Å². The summed E-state index contributed by atoms with van der Waals surface area (Å²) in [5, 5.41) is 23.7. The molecule has 0 aromatic rings. The molecule has 3 N–H and O–H groups in total. The summed E-state index contributed by atoms with van der Waals surface area (Å²) in [4.78, 5) is 26.1. The summed E-state index contributed by atoms with van der Waals surface area (Å²) in [6, 6.07) is -0.743. The van der Waals surface area contributed by atoms with Gasteiger partial charge >= 0.3 is 5.97 Å². The van der Waals surface area contributed by atoms with E-state index in [0.717, 1.165) is 51.4 Å². The Morgan fingerprint density at radius 3 is 1.47 bits per heavy atom. The lowest BCUT2D eigenvalue weighted by Gasteiger charge is -2.24. The molecule has 0 rings (SSSR count).